The zero-order valence-corrected chi connectivity index (χ0v) is 25.0. The summed E-state index contributed by atoms with van der Waals surface area (Å²) in [5.41, 5.74) is 8.24. The number of rotatable bonds is 11. The van der Waals surface area contributed by atoms with Crippen molar-refractivity contribution in [3.05, 3.63) is 58.1 Å². The number of Topliss-reactive ketones (excluding diaryl/α,β-unsaturated/α-hetero) is 3. The van der Waals surface area contributed by atoms with Gasteiger partial charge in [0.2, 0.25) is 0 Å². The quantitative estimate of drug-likeness (QED) is 0.281. The van der Waals surface area contributed by atoms with E-state index in [1.807, 2.05) is 0 Å². The van der Waals surface area contributed by atoms with Crippen LogP contribution >= 0.6 is 0 Å². The monoisotopic (exact) mass is 516 g/mol. The van der Waals surface area contributed by atoms with Crippen LogP contribution in [-0.2, 0) is 27.8 Å². The molecular weight excluding hydrogens is 468 g/mol. The van der Waals surface area contributed by atoms with E-state index < -0.39 is 0 Å². The molecule has 3 rings (SSSR count). The van der Waals surface area contributed by atoms with Gasteiger partial charge in [0.25, 0.3) is 0 Å². The van der Waals surface area contributed by atoms with Crippen LogP contribution in [0.2, 0.25) is 0 Å². The molecule has 1 aliphatic carbocycles. The van der Waals surface area contributed by atoms with E-state index in [9.17, 15) is 14.4 Å². The number of carbonyl (C=O) groups excluding carboxylic acids is 3. The van der Waals surface area contributed by atoms with Crippen LogP contribution in [-0.4, -0.2) is 17.3 Å². The van der Waals surface area contributed by atoms with Gasteiger partial charge in [-0.05, 0) is 90.2 Å². The molecule has 3 heteroatoms. The molecule has 3 atom stereocenters. The van der Waals surface area contributed by atoms with E-state index in [1.54, 1.807) is 0 Å². The second-order valence-corrected chi connectivity index (χ2v) is 12.6. The van der Waals surface area contributed by atoms with E-state index in [-0.39, 0.29) is 46.9 Å². The van der Waals surface area contributed by atoms with Gasteiger partial charge in [-0.2, -0.15) is 0 Å². The number of ketones is 3. The third-order valence-corrected chi connectivity index (χ3v) is 8.63. The lowest BCUT2D eigenvalue weighted by Crippen LogP contribution is -2.30. The van der Waals surface area contributed by atoms with Crippen molar-refractivity contribution in [1.82, 2.24) is 0 Å². The Morgan fingerprint density at radius 2 is 1.68 bits per heavy atom. The molecule has 0 spiro atoms. The lowest BCUT2D eigenvalue weighted by molar-refractivity contribution is -0.129. The van der Waals surface area contributed by atoms with Crippen molar-refractivity contribution in [2.75, 3.05) is 0 Å². The van der Waals surface area contributed by atoms with Gasteiger partial charge in [0.15, 0.2) is 5.78 Å². The molecule has 0 aliphatic heterocycles. The molecule has 2 aromatic rings. The van der Waals surface area contributed by atoms with E-state index >= 15 is 0 Å². The lowest BCUT2D eigenvalue weighted by Gasteiger charge is -2.33. The lowest BCUT2D eigenvalue weighted by atomic mass is 9.70. The average Bonchev–Trinajstić information content (AvgIpc) is 2.83. The molecule has 38 heavy (non-hydrogen) atoms. The van der Waals surface area contributed by atoms with Gasteiger partial charge in [-0.25, -0.2) is 0 Å². The van der Waals surface area contributed by atoms with Crippen LogP contribution < -0.4 is 0 Å². The number of carbonyl (C=O) groups is 3. The maximum absolute atomic E-state index is 13.7. The highest BCUT2D eigenvalue weighted by atomic mass is 16.1. The van der Waals surface area contributed by atoms with Crippen molar-refractivity contribution in [3.8, 4) is 11.1 Å². The number of hydrogen-bond donors (Lipinski definition) is 0. The zero-order valence-electron chi connectivity index (χ0n) is 25.0. The summed E-state index contributed by atoms with van der Waals surface area (Å²) in [6, 6.07) is 11.2. The topological polar surface area (TPSA) is 51.2 Å². The first kappa shape index (κ1) is 30.0. The second kappa shape index (κ2) is 12.5. The van der Waals surface area contributed by atoms with E-state index in [1.165, 1.54) is 34.7 Å². The molecule has 0 saturated heterocycles. The van der Waals surface area contributed by atoms with Gasteiger partial charge >= 0.3 is 0 Å². The summed E-state index contributed by atoms with van der Waals surface area (Å²) in [5, 5.41) is 0. The third-order valence-electron chi connectivity index (χ3n) is 8.63. The van der Waals surface area contributed by atoms with Gasteiger partial charge in [-0.1, -0.05) is 84.7 Å². The summed E-state index contributed by atoms with van der Waals surface area (Å²) in [7, 11) is 0. The summed E-state index contributed by atoms with van der Waals surface area (Å²) in [6.45, 7) is 16.7. The van der Waals surface area contributed by atoms with Gasteiger partial charge in [0.05, 0.1) is 6.42 Å². The molecule has 1 aliphatic rings. The highest BCUT2D eigenvalue weighted by molar-refractivity contribution is 6.02. The molecule has 0 N–H and O–H groups in total. The van der Waals surface area contributed by atoms with Crippen LogP contribution in [0.5, 0.6) is 0 Å². The summed E-state index contributed by atoms with van der Waals surface area (Å²) >= 11 is 0. The molecule has 3 unspecified atom stereocenters. The third kappa shape index (κ3) is 6.71. The van der Waals surface area contributed by atoms with Gasteiger partial charge in [0, 0.05) is 17.9 Å². The molecule has 206 valence electrons. The minimum absolute atomic E-state index is 0.0266. The fraction of sp³-hybridized carbons (Fsp3) is 0.571. The van der Waals surface area contributed by atoms with E-state index in [0.29, 0.717) is 6.42 Å². The summed E-state index contributed by atoms with van der Waals surface area (Å²) < 4.78 is 0. The molecule has 0 bridgehead atoms. The van der Waals surface area contributed by atoms with Crippen molar-refractivity contribution in [2.24, 2.45) is 17.8 Å². The fourth-order valence-electron chi connectivity index (χ4n) is 6.63. The Kier molecular flexibility index (Phi) is 9.90. The van der Waals surface area contributed by atoms with Gasteiger partial charge < -0.3 is 0 Å². The van der Waals surface area contributed by atoms with E-state index in [4.69, 9.17) is 0 Å². The molecule has 0 aromatic heterocycles. The summed E-state index contributed by atoms with van der Waals surface area (Å²) in [5.74, 6) is 0.574. The molecule has 0 radical (unpaired) electrons. The van der Waals surface area contributed by atoms with Crippen LogP contribution in [0.15, 0.2) is 30.3 Å². The highest BCUT2D eigenvalue weighted by Crippen LogP contribution is 2.41. The zero-order chi connectivity index (χ0) is 28.2. The second-order valence-electron chi connectivity index (χ2n) is 12.6. The first-order valence-corrected chi connectivity index (χ1v) is 14.7. The number of benzene rings is 2. The Bertz CT molecular complexity index is 1160. The number of aryl methyl sites for hydroxylation is 1. The molecule has 0 heterocycles. The Balaban J connectivity index is 2.01. The Morgan fingerprint density at radius 3 is 2.21 bits per heavy atom. The largest absolute Gasteiger partial charge is 0.300 e. The number of fused-ring (bicyclic) bond motifs is 1. The number of hydrogen-bond acceptors (Lipinski definition) is 3. The van der Waals surface area contributed by atoms with Gasteiger partial charge in [0.1, 0.15) is 11.6 Å². The maximum Gasteiger partial charge on any atom is 0.163 e. The molecule has 0 amide bonds. The predicted molar refractivity (Wildman–Crippen MR) is 158 cm³/mol. The SMILES string of the molecule is CCCC(CC1CC(=O)c2c(C)c(CC)cc(-c3ccc(C(C)(C)C)cc3)c2C1)C(CC)C(=O)CC(C)=O. The fourth-order valence-corrected chi connectivity index (χ4v) is 6.63. The minimum Gasteiger partial charge on any atom is -0.300 e. The van der Waals surface area contributed by atoms with Crippen LogP contribution in [0.4, 0.5) is 0 Å². The standard InChI is InChI=1S/C35H48O3/c1-9-12-27(29(11-3)32(37)17-22(4)36)18-24-19-31-30(26-13-15-28(16-14-26)35(6,7)8)21-25(10-2)23(5)34(31)33(38)20-24/h13-16,21,24,27,29H,9-12,17-20H2,1-8H3. The molecule has 2 aromatic carbocycles. The molecule has 0 fully saturated rings. The van der Waals surface area contributed by atoms with Crippen molar-refractivity contribution < 1.29 is 14.4 Å². The first-order valence-electron chi connectivity index (χ1n) is 14.7. The molecular formula is C35H48O3. The highest BCUT2D eigenvalue weighted by Gasteiger charge is 2.34. The summed E-state index contributed by atoms with van der Waals surface area (Å²) in [4.78, 5) is 38.4. The van der Waals surface area contributed by atoms with Crippen LogP contribution in [0.1, 0.15) is 120 Å². The first-order chi connectivity index (χ1) is 17.9. The van der Waals surface area contributed by atoms with Crippen LogP contribution in [0, 0.1) is 24.7 Å². The van der Waals surface area contributed by atoms with Gasteiger partial charge in [-0.3, -0.25) is 14.4 Å². The van der Waals surface area contributed by atoms with Crippen molar-refractivity contribution in [3.63, 3.8) is 0 Å². The maximum atomic E-state index is 13.7. The smallest absolute Gasteiger partial charge is 0.163 e. The van der Waals surface area contributed by atoms with Crippen LogP contribution in [0.3, 0.4) is 0 Å². The van der Waals surface area contributed by atoms with E-state index in [0.717, 1.165) is 49.7 Å². The van der Waals surface area contributed by atoms with E-state index in [2.05, 4.69) is 78.8 Å². The van der Waals surface area contributed by atoms with Crippen molar-refractivity contribution >= 4 is 17.3 Å². The van der Waals surface area contributed by atoms with Crippen molar-refractivity contribution in [1.29, 1.82) is 0 Å². The van der Waals surface area contributed by atoms with Crippen LogP contribution in [0.25, 0.3) is 11.1 Å². The minimum atomic E-state index is -0.107. The summed E-state index contributed by atoms with van der Waals surface area (Å²) in [6.07, 6.45) is 5.89. The Labute approximate surface area is 230 Å². The Morgan fingerprint density at radius 1 is 1.03 bits per heavy atom. The average molecular weight is 517 g/mol. The molecule has 0 saturated carbocycles. The van der Waals surface area contributed by atoms with Gasteiger partial charge in [-0.15, -0.1) is 0 Å². The molecule has 3 nitrogen and oxygen atoms in total. The predicted octanol–water partition coefficient (Wildman–Crippen LogP) is 8.65. The normalized spacial score (nSPS) is 17.2. The Hall–Kier alpha value is -2.55. The van der Waals surface area contributed by atoms with Crippen molar-refractivity contribution in [2.45, 2.75) is 112 Å².